The quantitative estimate of drug-likeness (QED) is 0.881. The Morgan fingerprint density at radius 3 is 2.71 bits per heavy atom. The van der Waals surface area contributed by atoms with Gasteiger partial charge in [-0.1, -0.05) is 6.92 Å². The topological polar surface area (TPSA) is 43.0 Å². The molecule has 0 aliphatic heterocycles. The SMILES string of the molecule is CCNC(c1cnn(C)c1)c1cc(C)oc1C. The maximum Gasteiger partial charge on any atom is 0.106 e. The van der Waals surface area contributed by atoms with Crippen LogP contribution in [0.25, 0.3) is 0 Å². The van der Waals surface area contributed by atoms with Gasteiger partial charge in [0.05, 0.1) is 12.2 Å². The highest BCUT2D eigenvalue weighted by Gasteiger charge is 2.19. The highest BCUT2D eigenvalue weighted by molar-refractivity contribution is 5.32. The molecule has 0 fully saturated rings. The average Bonchev–Trinajstić information content (AvgIpc) is 2.82. The van der Waals surface area contributed by atoms with Gasteiger partial charge in [-0.15, -0.1) is 0 Å². The van der Waals surface area contributed by atoms with Crippen LogP contribution in [0.4, 0.5) is 0 Å². The highest BCUT2D eigenvalue weighted by atomic mass is 16.3. The van der Waals surface area contributed by atoms with Crippen molar-refractivity contribution < 1.29 is 4.42 Å². The lowest BCUT2D eigenvalue weighted by Gasteiger charge is -2.15. The van der Waals surface area contributed by atoms with Crippen LogP contribution in [0.2, 0.25) is 0 Å². The summed E-state index contributed by atoms with van der Waals surface area (Å²) in [4.78, 5) is 0. The summed E-state index contributed by atoms with van der Waals surface area (Å²) < 4.78 is 7.42. The molecule has 4 heteroatoms. The predicted octanol–water partition coefficient (Wildman–Crippen LogP) is 2.33. The number of nitrogens with zero attached hydrogens (tertiary/aromatic N) is 2. The van der Waals surface area contributed by atoms with Gasteiger partial charge in [0.25, 0.3) is 0 Å². The van der Waals surface area contributed by atoms with Crippen LogP contribution in [0.5, 0.6) is 0 Å². The fourth-order valence-corrected chi connectivity index (χ4v) is 2.14. The summed E-state index contributed by atoms with van der Waals surface area (Å²) >= 11 is 0. The fraction of sp³-hybridized carbons (Fsp3) is 0.462. The van der Waals surface area contributed by atoms with Crippen LogP contribution < -0.4 is 5.32 Å². The van der Waals surface area contributed by atoms with Crippen molar-refractivity contribution in [2.45, 2.75) is 26.8 Å². The van der Waals surface area contributed by atoms with E-state index in [1.54, 1.807) is 0 Å². The number of aromatic nitrogens is 2. The van der Waals surface area contributed by atoms with Crippen LogP contribution >= 0.6 is 0 Å². The van der Waals surface area contributed by atoms with Crippen molar-refractivity contribution >= 4 is 0 Å². The molecule has 2 aromatic heterocycles. The molecule has 2 rings (SSSR count). The molecule has 2 aromatic rings. The minimum Gasteiger partial charge on any atom is -0.466 e. The van der Waals surface area contributed by atoms with E-state index in [0.29, 0.717) is 0 Å². The zero-order valence-electron chi connectivity index (χ0n) is 10.8. The van der Waals surface area contributed by atoms with Gasteiger partial charge in [-0.25, -0.2) is 0 Å². The minimum atomic E-state index is 0.158. The Bertz CT molecular complexity index is 498. The molecule has 0 bridgehead atoms. The average molecular weight is 233 g/mol. The first-order valence-electron chi connectivity index (χ1n) is 5.90. The van der Waals surface area contributed by atoms with Gasteiger partial charge in [0.15, 0.2) is 0 Å². The second-order valence-corrected chi connectivity index (χ2v) is 4.31. The molecule has 0 radical (unpaired) electrons. The van der Waals surface area contributed by atoms with E-state index >= 15 is 0 Å². The Hall–Kier alpha value is -1.55. The van der Waals surface area contributed by atoms with Crippen LogP contribution in [0.15, 0.2) is 22.9 Å². The lowest BCUT2D eigenvalue weighted by atomic mass is 10.0. The molecule has 0 spiro atoms. The highest BCUT2D eigenvalue weighted by Crippen LogP contribution is 2.26. The Balaban J connectivity index is 2.38. The third-order valence-corrected chi connectivity index (χ3v) is 2.86. The molecule has 1 unspecified atom stereocenters. The fourth-order valence-electron chi connectivity index (χ4n) is 2.14. The van der Waals surface area contributed by atoms with E-state index in [1.165, 1.54) is 11.1 Å². The van der Waals surface area contributed by atoms with Crippen LogP contribution in [0, 0.1) is 13.8 Å². The first kappa shape index (κ1) is 11.9. The molecule has 1 N–H and O–H groups in total. The Kier molecular flexibility index (Phi) is 3.33. The van der Waals surface area contributed by atoms with E-state index in [9.17, 15) is 0 Å². The van der Waals surface area contributed by atoms with E-state index < -0.39 is 0 Å². The third kappa shape index (κ3) is 2.42. The molecule has 0 aliphatic rings. The van der Waals surface area contributed by atoms with Gasteiger partial charge in [-0.2, -0.15) is 5.10 Å². The van der Waals surface area contributed by atoms with Crippen molar-refractivity contribution in [3.8, 4) is 0 Å². The summed E-state index contributed by atoms with van der Waals surface area (Å²) in [5.41, 5.74) is 2.36. The molecule has 0 saturated carbocycles. The molecule has 17 heavy (non-hydrogen) atoms. The summed E-state index contributed by atoms with van der Waals surface area (Å²) in [6.07, 6.45) is 3.93. The molecule has 0 saturated heterocycles. The van der Waals surface area contributed by atoms with Crippen molar-refractivity contribution in [2.75, 3.05) is 6.54 Å². The van der Waals surface area contributed by atoms with Gasteiger partial charge in [0, 0.05) is 24.4 Å². The van der Waals surface area contributed by atoms with Gasteiger partial charge < -0.3 is 9.73 Å². The Morgan fingerprint density at radius 1 is 1.47 bits per heavy atom. The first-order valence-corrected chi connectivity index (χ1v) is 5.90. The van der Waals surface area contributed by atoms with Crippen LogP contribution in [0.3, 0.4) is 0 Å². The monoisotopic (exact) mass is 233 g/mol. The molecule has 0 amide bonds. The van der Waals surface area contributed by atoms with Crippen LogP contribution in [0.1, 0.15) is 35.6 Å². The summed E-state index contributed by atoms with van der Waals surface area (Å²) in [7, 11) is 1.93. The smallest absolute Gasteiger partial charge is 0.106 e. The predicted molar refractivity (Wildman–Crippen MR) is 66.9 cm³/mol. The molecule has 4 nitrogen and oxygen atoms in total. The number of hydrogen-bond donors (Lipinski definition) is 1. The van der Waals surface area contributed by atoms with E-state index in [0.717, 1.165) is 18.1 Å². The summed E-state index contributed by atoms with van der Waals surface area (Å²) in [6, 6.07) is 2.25. The first-order chi connectivity index (χ1) is 8.11. The number of nitrogens with one attached hydrogen (secondary N) is 1. The molecule has 92 valence electrons. The normalized spacial score (nSPS) is 12.9. The second kappa shape index (κ2) is 4.75. The maximum absolute atomic E-state index is 5.60. The largest absolute Gasteiger partial charge is 0.466 e. The minimum absolute atomic E-state index is 0.158. The summed E-state index contributed by atoms with van der Waals surface area (Å²) in [5, 5.41) is 7.70. The molecule has 0 aliphatic carbocycles. The lowest BCUT2D eigenvalue weighted by molar-refractivity contribution is 0.495. The van der Waals surface area contributed by atoms with E-state index in [-0.39, 0.29) is 6.04 Å². The zero-order chi connectivity index (χ0) is 12.4. The zero-order valence-corrected chi connectivity index (χ0v) is 10.8. The van der Waals surface area contributed by atoms with Gasteiger partial charge in [-0.05, 0) is 26.5 Å². The molecule has 1 atom stereocenters. The van der Waals surface area contributed by atoms with E-state index in [4.69, 9.17) is 4.42 Å². The molecular formula is C13H19N3O. The van der Waals surface area contributed by atoms with Crippen molar-refractivity contribution in [3.63, 3.8) is 0 Å². The number of hydrogen-bond acceptors (Lipinski definition) is 3. The number of aryl methyl sites for hydroxylation is 3. The molecular weight excluding hydrogens is 214 g/mol. The standard InChI is InChI=1S/C13H19N3O/c1-5-14-13(11-7-15-16(4)8-11)12-6-9(2)17-10(12)3/h6-8,13-14H,5H2,1-4H3. The molecule has 2 heterocycles. The van der Waals surface area contributed by atoms with Crippen LogP contribution in [-0.4, -0.2) is 16.3 Å². The Labute approximate surface area is 102 Å². The summed E-state index contributed by atoms with van der Waals surface area (Å²) in [5.74, 6) is 1.92. The van der Waals surface area contributed by atoms with Gasteiger partial charge in [-0.3, -0.25) is 4.68 Å². The Morgan fingerprint density at radius 2 is 2.24 bits per heavy atom. The third-order valence-electron chi connectivity index (χ3n) is 2.86. The van der Waals surface area contributed by atoms with Crippen LogP contribution in [-0.2, 0) is 7.05 Å². The van der Waals surface area contributed by atoms with Crippen molar-refractivity contribution in [1.29, 1.82) is 0 Å². The van der Waals surface area contributed by atoms with E-state index in [2.05, 4.69) is 23.4 Å². The van der Waals surface area contributed by atoms with E-state index in [1.807, 2.05) is 38.0 Å². The maximum atomic E-state index is 5.60. The number of furan rings is 1. The van der Waals surface area contributed by atoms with Crippen molar-refractivity contribution in [3.05, 3.63) is 41.1 Å². The number of rotatable bonds is 4. The molecule has 0 aromatic carbocycles. The van der Waals surface area contributed by atoms with Gasteiger partial charge in [0.1, 0.15) is 11.5 Å². The van der Waals surface area contributed by atoms with Gasteiger partial charge in [0.2, 0.25) is 0 Å². The lowest BCUT2D eigenvalue weighted by Crippen LogP contribution is -2.21. The van der Waals surface area contributed by atoms with Crippen molar-refractivity contribution in [1.82, 2.24) is 15.1 Å². The second-order valence-electron chi connectivity index (χ2n) is 4.31. The van der Waals surface area contributed by atoms with Gasteiger partial charge >= 0.3 is 0 Å². The summed E-state index contributed by atoms with van der Waals surface area (Å²) in [6.45, 7) is 6.99. The van der Waals surface area contributed by atoms with Crippen molar-refractivity contribution in [2.24, 2.45) is 7.05 Å².